The minimum absolute atomic E-state index is 0.0718. The summed E-state index contributed by atoms with van der Waals surface area (Å²) >= 11 is 1.43. The van der Waals surface area contributed by atoms with Gasteiger partial charge in [0, 0.05) is 18.2 Å². The number of rotatable bonds is 7. The second-order valence-electron chi connectivity index (χ2n) is 5.59. The van der Waals surface area contributed by atoms with E-state index in [1.807, 2.05) is 5.38 Å². The Kier molecular flexibility index (Phi) is 6.11. The molecule has 1 amide bonds. The van der Waals surface area contributed by atoms with Gasteiger partial charge in [0.1, 0.15) is 0 Å². The zero-order chi connectivity index (χ0) is 17.7. The van der Waals surface area contributed by atoms with Crippen molar-refractivity contribution >= 4 is 33.0 Å². The number of carbonyl (C=O) groups excluding carboxylic acids is 1. The fraction of sp³-hybridized carbons (Fsp3) is 0.312. The Morgan fingerprint density at radius 3 is 2.42 bits per heavy atom. The maximum Gasteiger partial charge on any atom is 0.240 e. The van der Waals surface area contributed by atoms with E-state index in [1.165, 1.54) is 35.6 Å². The SMILES string of the molecule is CC(C)C(=O)Nc1ccc(S(=O)(=O)NCC(O)c2ccsc2)cc1. The number of amides is 1. The fourth-order valence-corrected chi connectivity index (χ4v) is 3.60. The quantitative estimate of drug-likeness (QED) is 0.699. The van der Waals surface area contributed by atoms with Crippen molar-refractivity contribution in [3.8, 4) is 0 Å². The van der Waals surface area contributed by atoms with Crippen LogP contribution in [0.15, 0.2) is 46.0 Å². The van der Waals surface area contributed by atoms with Crippen LogP contribution in [0.25, 0.3) is 0 Å². The predicted molar refractivity (Wildman–Crippen MR) is 94.4 cm³/mol. The van der Waals surface area contributed by atoms with Gasteiger partial charge in [0.2, 0.25) is 15.9 Å². The molecule has 0 saturated heterocycles. The molecule has 0 aliphatic carbocycles. The highest BCUT2D eigenvalue weighted by molar-refractivity contribution is 7.89. The molecule has 0 aliphatic heterocycles. The van der Waals surface area contributed by atoms with Gasteiger partial charge in [0.25, 0.3) is 0 Å². The van der Waals surface area contributed by atoms with Crippen molar-refractivity contribution in [2.75, 3.05) is 11.9 Å². The molecule has 0 fully saturated rings. The zero-order valence-corrected chi connectivity index (χ0v) is 15.0. The lowest BCUT2D eigenvalue weighted by Crippen LogP contribution is -2.28. The van der Waals surface area contributed by atoms with Gasteiger partial charge in [-0.25, -0.2) is 13.1 Å². The molecule has 0 aliphatic rings. The van der Waals surface area contributed by atoms with Crippen molar-refractivity contribution in [3.63, 3.8) is 0 Å². The highest BCUT2D eigenvalue weighted by Gasteiger charge is 2.17. The van der Waals surface area contributed by atoms with E-state index in [4.69, 9.17) is 0 Å². The lowest BCUT2D eigenvalue weighted by atomic mass is 10.2. The van der Waals surface area contributed by atoms with Crippen LogP contribution in [-0.4, -0.2) is 26.0 Å². The van der Waals surface area contributed by atoms with Gasteiger partial charge in [-0.1, -0.05) is 13.8 Å². The van der Waals surface area contributed by atoms with Crippen LogP contribution in [0.2, 0.25) is 0 Å². The number of hydrogen-bond donors (Lipinski definition) is 3. The summed E-state index contributed by atoms with van der Waals surface area (Å²) in [6.45, 7) is 3.44. The van der Waals surface area contributed by atoms with Crippen LogP contribution in [0.3, 0.4) is 0 Å². The third-order valence-electron chi connectivity index (χ3n) is 3.35. The number of aliphatic hydroxyl groups excluding tert-OH is 1. The van der Waals surface area contributed by atoms with Gasteiger partial charge in [-0.05, 0) is 46.7 Å². The topological polar surface area (TPSA) is 95.5 Å². The van der Waals surface area contributed by atoms with Crippen molar-refractivity contribution in [2.24, 2.45) is 5.92 Å². The van der Waals surface area contributed by atoms with Crippen molar-refractivity contribution in [3.05, 3.63) is 46.7 Å². The largest absolute Gasteiger partial charge is 0.387 e. The second kappa shape index (κ2) is 7.89. The van der Waals surface area contributed by atoms with Crippen LogP contribution >= 0.6 is 11.3 Å². The van der Waals surface area contributed by atoms with Crippen molar-refractivity contribution in [1.82, 2.24) is 4.72 Å². The first-order valence-electron chi connectivity index (χ1n) is 7.40. The maximum atomic E-state index is 12.2. The van der Waals surface area contributed by atoms with Crippen molar-refractivity contribution in [2.45, 2.75) is 24.8 Å². The molecular weight excluding hydrogens is 348 g/mol. The Hall–Kier alpha value is -1.74. The van der Waals surface area contributed by atoms with Crippen LogP contribution in [0.1, 0.15) is 25.5 Å². The number of hydrogen-bond acceptors (Lipinski definition) is 5. The van der Waals surface area contributed by atoms with Crippen LogP contribution < -0.4 is 10.0 Å². The van der Waals surface area contributed by atoms with E-state index in [0.717, 1.165) is 0 Å². The molecule has 0 bridgehead atoms. The normalized spacial score (nSPS) is 13.0. The Morgan fingerprint density at radius 1 is 1.21 bits per heavy atom. The number of nitrogens with one attached hydrogen (secondary N) is 2. The Balaban J connectivity index is 2.00. The molecule has 130 valence electrons. The van der Waals surface area contributed by atoms with Crippen LogP contribution in [-0.2, 0) is 14.8 Å². The van der Waals surface area contributed by atoms with Gasteiger partial charge in [-0.15, -0.1) is 0 Å². The molecule has 6 nitrogen and oxygen atoms in total. The van der Waals surface area contributed by atoms with Crippen molar-refractivity contribution < 1.29 is 18.3 Å². The average Bonchev–Trinajstić information content (AvgIpc) is 3.07. The molecule has 1 atom stereocenters. The number of thiophene rings is 1. The number of anilines is 1. The summed E-state index contributed by atoms with van der Waals surface area (Å²) in [4.78, 5) is 11.7. The van der Waals surface area contributed by atoms with Gasteiger partial charge in [0.05, 0.1) is 11.0 Å². The highest BCUT2D eigenvalue weighted by atomic mass is 32.2. The van der Waals surface area contributed by atoms with Gasteiger partial charge in [-0.3, -0.25) is 4.79 Å². The average molecular weight is 368 g/mol. The Morgan fingerprint density at radius 2 is 1.88 bits per heavy atom. The first kappa shape index (κ1) is 18.6. The van der Waals surface area contributed by atoms with E-state index in [2.05, 4.69) is 10.0 Å². The highest BCUT2D eigenvalue weighted by Crippen LogP contribution is 2.18. The van der Waals surface area contributed by atoms with Gasteiger partial charge >= 0.3 is 0 Å². The summed E-state index contributed by atoms with van der Waals surface area (Å²) in [6, 6.07) is 7.63. The zero-order valence-electron chi connectivity index (χ0n) is 13.4. The number of carbonyl (C=O) groups is 1. The summed E-state index contributed by atoms with van der Waals surface area (Å²) in [5.41, 5.74) is 1.21. The molecule has 0 saturated carbocycles. The van der Waals surface area contributed by atoms with E-state index in [0.29, 0.717) is 11.3 Å². The van der Waals surface area contributed by atoms with E-state index < -0.39 is 16.1 Å². The van der Waals surface area contributed by atoms with Crippen LogP contribution in [0.5, 0.6) is 0 Å². The Bertz CT molecular complexity index is 769. The first-order chi connectivity index (χ1) is 11.3. The number of aliphatic hydroxyl groups is 1. The third-order valence-corrected chi connectivity index (χ3v) is 5.49. The molecule has 1 aromatic heterocycles. The van der Waals surface area contributed by atoms with Gasteiger partial charge < -0.3 is 10.4 Å². The number of benzene rings is 1. The minimum atomic E-state index is -3.73. The minimum Gasteiger partial charge on any atom is -0.387 e. The van der Waals surface area contributed by atoms with Gasteiger partial charge in [-0.2, -0.15) is 11.3 Å². The second-order valence-corrected chi connectivity index (χ2v) is 8.14. The lowest BCUT2D eigenvalue weighted by Gasteiger charge is -2.12. The van der Waals surface area contributed by atoms with E-state index in [-0.39, 0.29) is 23.3 Å². The molecule has 0 spiro atoms. The molecule has 1 heterocycles. The lowest BCUT2D eigenvalue weighted by molar-refractivity contribution is -0.118. The summed E-state index contributed by atoms with van der Waals surface area (Å²) in [6.07, 6.45) is -0.893. The molecule has 8 heteroatoms. The summed E-state index contributed by atoms with van der Waals surface area (Å²) < 4.78 is 26.9. The number of sulfonamides is 1. The predicted octanol–water partition coefficient (Wildman–Crippen LogP) is 2.35. The van der Waals surface area contributed by atoms with Gasteiger partial charge in [0.15, 0.2) is 0 Å². The van der Waals surface area contributed by atoms with Crippen LogP contribution in [0, 0.1) is 5.92 Å². The maximum absolute atomic E-state index is 12.2. The molecule has 1 aromatic carbocycles. The summed E-state index contributed by atoms with van der Waals surface area (Å²) in [7, 11) is -3.73. The molecule has 2 aromatic rings. The molecular formula is C16H20N2O4S2. The van der Waals surface area contributed by atoms with E-state index in [9.17, 15) is 18.3 Å². The molecule has 3 N–H and O–H groups in total. The Labute approximate surface area is 145 Å². The van der Waals surface area contributed by atoms with E-state index >= 15 is 0 Å². The van der Waals surface area contributed by atoms with E-state index in [1.54, 1.807) is 25.3 Å². The third kappa shape index (κ3) is 4.88. The summed E-state index contributed by atoms with van der Waals surface area (Å²) in [5.74, 6) is -0.295. The molecule has 1 unspecified atom stereocenters. The van der Waals surface area contributed by atoms with Crippen molar-refractivity contribution in [1.29, 1.82) is 0 Å². The smallest absolute Gasteiger partial charge is 0.240 e. The molecule has 24 heavy (non-hydrogen) atoms. The molecule has 2 rings (SSSR count). The first-order valence-corrected chi connectivity index (χ1v) is 9.83. The monoisotopic (exact) mass is 368 g/mol. The van der Waals surface area contributed by atoms with Crippen LogP contribution in [0.4, 0.5) is 5.69 Å². The fourth-order valence-electron chi connectivity index (χ4n) is 1.86. The standard InChI is InChI=1S/C16H20N2O4S2/c1-11(2)16(20)18-13-3-5-14(6-4-13)24(21,22)17-9-15(19)12-7-8-23-10-12/h3-8,10-11,15,17,19H,9H2,1-2H3,(H,18,20). The molecule has 0 radical (unpaired) electrons. The summed E-state index contributed by atoms with van der Waals surface area (Å²) in [5, 5.41) is 16.2.